The van der Waals surface area contributed by atoms with Crippen molar-refractivity contribution in [2.24, 2.45) is 0 Å². The summed E-state index contributed by atoms with van der Waals surface area (Å²) in [6.45, 7) is 3.92. The monoisotopic (exact) mass is 504 g/mol. The highest BCUT2D eigenvalue weighted by Crippen LogP contribution is 2.39. The summed E-state index contributed by atoms with van der Waals surface area (Å²) in [5.41, 5.74) is 2.53. The van der Waals surface area contributed by atoms with Crippen LogP contribution in [-0.4, -0.2) is 32.5 Å². The Hall–Kier alpha value is -3.45. The van der Waals surface area contributed by atoms with Gasteiger partial charge in [-0.3, -0.25) is 14.5 Å². The van der Waals surface area contributed by atoms with Crippen LogP contribution in [0.3, 0.4) is 0 Å². The fourth-order valence-electron chi connectivity index (χ4n) is 5.29. The van der Waals surface area contributed by atoms with E-state index < -0.39 is 11.8 Å². The average Bonchev–Trinajstić information content (AvgIpc) is 3.31. The van der Waals surface area contributed by atoms with Gasteiger partial charge >= 0.3 is 5.91 Å². The molecule has 1 aromatic carbocycles. The first-order valence-electron chi connectivity index (χ1n) is 12.6. The van der Waals surface area contributed by atoms with Crippen LogP contribution in [0.4, 0.5) is 0 Å². The van der Waals surface area contributed by atoms with Gasteiger partial charge in [-0.25, -0.2) is 4.68 Å². The number of hydrogen-bond donors (Lipinski definition) is 0. The number of benzene rings is 1. The Kier molecular flexibility index (Phi) is 6.67. The molecule has 3 heterocycles. The predicted octanol–water partition coefficient (Wildman–Crippen LogP) is 4.22. The van der Waals surface area contributed by atoms with Crippen LogP contribution in [0.1, 0.15) is 62.3 Å². The third kappa shape index (κ3) is 4.22. The number of halogens is 1. The summed E-state index contributed by atoms with van der Waals surface area (Å²) in [4.78, 5) is 29.3. The number of amides is 2. The highest BCUT2D eigenvalue weighted by Gasteiger charge is 2.49. The molecule has 0 saturated heterocycles. The maximum atomic E-state index is 14.0. The second-order valence-electron chi connectivity index (χ2n) is 9.55. The Balaban J connectivity index is 1.74. The summed E-state index contributed by atoms with van der Waals surface area (Å²) in [7, 11) is 0. The van der Waals surface area contributed by atoms with Gasteiger partial charge in [0.2, 0.25) is 0 Å². The molecule has 3 aromatic rings. The van der Waals surface area contributed by atoms with Crippen molar-refractivity contribution in [3.05, 3.63) is 70.6 Å². The van der Waals surface area contributed by atoms with Gasteiger partial charge < -0.3 is 5.11 Å². The largest absolute Gasteiger partial charge is 0.858 e. The van der Waals surface area contributed by atoms with E-state index in [0.29, 0.717) is 22.8 Å². The fourth-order valence-corrected chi connectivity index (χ4v) is 5.48. The van der Waals surface area contributed by atoms with Crippen molar-refractivity contribution in [2.45, 2.75) is 64.8 Å². The SMILES string of the molecule is CCCc1nn(-c2cccc(Cl)c2)c([O-])c1C1=C([n+]2cccc(C)c2)C(=O)N(C2CCCCC2)C1=O. The Bertz CT molecular complexity index is 1370. The molecule has 0 bridgehead atoms. The summed E-state index contributed by atoms with van der Waals surface area (Å²) in [6.07, 6.45) is 9.42. The van der Waals surface area contributed by atoms with Crippen molar-refractivity contribution in [3.8, 4) is 11.6 Å². The van der Waals surface area contributed by atoms with Crippen LogP contribution in [0.5, 0.6) is 5.88 Å². The van der Waals surface area contributed by atoms with E-state index in [9.17, 15) is 14.7 Å². The smallest absolute Gasteiger partial charge is 0.327 e. The number of hydrogen-bond acceptors (Lipinski definition) is 4. The maximum Gasteiger partial charge on any atom is 0.327 e. The first-order valence-corrected chi connectivity index (χ1v) is 12.9. The lowest BCUT2D eigenvalue weighted by molar-refractivity contribution is -0.577. The highest BCUT2D eigenvalue weighted by molar-refractivity contribution is 6.45. The van der Waals surface area contributed by atoms with Crippen molar-refractivity contribution in [1.82, 2.24) is 14.7 Å². The number of carbonyl (C=O) groups excluding carboxylic acids is 2. The second-order valence-corrected chi connectivity index (χ2v) is 9.99. The molecule has 7 nitrogen and oxygen atoms in total. The first kappa shape index (κ1) is 24.3. The zero-order chi connectivity index (χ0) is 25.4. The van der Waals surface area contributed by atoms with Crippen molar-refractivity contribution >= 4 is 34.7 Å². The van der Waals surface area contributed by atoms with Gasteiger partial charge in [-0.1, -0.05) is 50.3 Å². The zero-order valence-corrected chi connectivity index (χ0v) is 21.3. The zero-order valence-electron chi connectivity index (χ0n) is 20.5. The molecule has 0 N–H and O–H groups in total. The molecule has 0 radical (unpaired) electrons. The molecule has 2 amide bonds. The van der Waals surface area contributed by atoms with Gasteiger partial charge in [0.05, 0.1) is 11.4 Å². The predicted molar refractivity (Wildman–Crippen MR) is 135 cm³/mol. The Morgan fingerprint density at radius 3 is 2.58 bits per heavy atom. The molecule has 1 saturated carbocycles. The quantitative estimate of drug-likeness (QED) is 0.372. The third-order valence-corrected chi connectivity index (χ3v) is 7.18. The Labute approximate surface area is 215 Å². The minimum absolute atomic E-state index is 0.142. The molecule has 2 aromatic heterocycles. The number of imide groups is 1. The molecular weight excluding hydrogens is 476 g/mol. The lowest BCUT2D eigenvalue weighted by Crippen LogP contribution is -2.45. The van der Waals surface area contributed by atoms with Crippen LogP contribution in [0.25, 0.3) is 17.0 Å². The lowest BCUT2D eigenvalue weighted by atomic mass is 9.94. The van der Waals surface area contributed by atoms with Gasteiger partial charge in [0.1, 0.15) is 5.57 Å². The van der Waals surface area contributed by atoms with Gasteiger partial charge in [-0.2, -0.15) is 9.67 Å². The molecule has 1 aliphatic heterocycles. The van der Waals surface area contributed by atoms with Crippen LogP contribution < -0.4 is 9.67 Å². The van der Waals surface area contributed by atoms with Gasteiger partial charge in [-0.05, 0) is 56.3 Å². The van der Waals surface area contributed by atoms with E-state index in [4.69, 9.17) is 11.6 Å². The summed E-state index contributed by atoms with van der Waals surface area (Å²) < 4.78 is 2.97. The number of aryl methyl sites for hydroxylation is 2. The van der Waals surface area contributed by atoms with Crippen LogP contribution in [0, 0.1) is 6.92 Å². The molecule has 0 atom stereocenters. The number of carbonyl (C=O) groups is 2. The molecule has 8 heteroatoms. The first-order chi connectivity index (χ1) is 17.4. The molecule has 1 fully saturated rings. The summed E-state index contributed by atoms with van der Waals surface area (Å²) >= 11 is 6.19. The van der Waals surface area contributed by atoms with Crippen LogP contribution >= 0.6 is 11.6 Å². The molecule has 36 heavy (non-hydrogen) atoms. The molecule has 0 unspecified atom stereocenters. The fraction of sp³-hybridized carbons (Fsp3) is 0.357. The summed E-state index contributed by atoms with van der Waals surface area (Å²) in [6, 6.07) is 10.5. The molecule has 1 aliphatic carbocycles. The number of rotatable bonds is 6. The summed E-state index contributed by atoms with van der Waals surface area (Å²) in [5.74, 6) is -1.18. The standard InChI is InChI=1S/C28H29ClN4O3/c1-3-9-22-23(27(35)33(30-22)21-14-7-11-19(29)16-21)24-25(31-15-8-10-18(2)17-31)28(36)32(26(24)34)20-12-5-4-6-13-20/h7-8,10-11,14-17,20H,3-6,9,12-13H2,1-2H3. The number of pyridine rings is 1. The van der Waals surface area contributed by atoms with E-state index in [-0.39, 0.29) is 28.8 Å². The van der Waals surface area contributed by atoms with E-state index in [2.05, 4.69) is 5.10 Å². The minimum Gasteiger partial charge on any atom is -0.858 e. The van der Waals surface area contributed by atoms with E-state index in [1.165, 1.54) is 9.58 Å². The maximum absolute atomic E-state index is 14.0. The summed E-state index contributed by atoms with van der Waals surface area (Å²) in [5, 5.41) is 19.0. The van der Waals surface area contributed by atoms with Crippen molar-refractivity contribution in [3.63, 3.8) is 0 Å². The molecule has 186 valence electrons. The Morgan fingerprint density at radius 2 is 1.89 bits per heavy atom. The van der Waals surface area contributed by atoms with Crippen LogP contribution in [-0.2, 0) is 16.0 Å². The van der Waals surface area contributed by atoms with Crippen LogP contribution in [0.2, 0.25) is 5.02 Å². The van der Waals surface area contributed by atoms with Gasteiger partial charge in [0, 0.05) is 28.3 Å². The van der Waals surface area contributed by atoms with Gasteiger partial charge in [-0.15, -0.1) is 0 Å². The molecular formula is C28H29ClN4O3. The van der Waals surface area contributed by atoms with Crippen LogP contribution in [0.15, 0.2) is 48.8 Å². The van der Waals surface area contributed by atoms with E-state index >= 15 is 0 Å². The normalized spacial score (nSPS) is 16.9. The third-order valence-electron chi connectivity index (χ3n) is 6.94. The van der Waals surface area contributed by atoms with E-state index in [1.54, 1.807) is 35.0 Å². The minimum atomic E-state index is -0.423. The van der Waals surface area contributed by atoms with Crippen molar-refractivity contribution < 1.29 is 19.3 Å². The average molecular weight is 505 g/mol. The Morgan fingerprint density at radius 1 is 1.11 bits per heavy atom. The number of nitrogens with zero attached hydrogens (tertiary/aromatic N) is 4. The topological polar surface area (TPSA) is 82.1 Å². The second kappa shape index (κ2) is 9.90. The van der Waals surface area contributed by atoms with E-state index in [1.807, 2.05) is 32.2 Å². The van der Waals surface area contributed by atoms with Gasteiger partial charge in [0.15, 0.2) is 12.4 Å². The highest BCUT2D eigenvalue weighted by atomic mass is 35.5. The lowest BCUT2D eigenvalue weighted by Gasteiger charge is -2.29. The van der Waals surface area contributed by atoms with E-state index in [0.717, 1.165) is 44.1 Å². The van der Waals surface area contributed by atoms with Crippen molar-refractivity contribution in [1.29, 1.82) is 0 Å². The number of aromatic nitrogens is 3. The molecule has 0 spiro atoms. The molecule has 2 aliphatic rings. The van der Waals surface area contributed by atoms with Crippen molar-refractivity contribution in [2.75, 3.05) is 0 Å². The molecule has 5 rings (SSSR count). The van der Waals surface area contributed by atoms with Gasteiger partial charge in [0.25, 0.3) is 11.6 Å².